The van der Waals surface area contributed by atoms with Crippen LogP contribution in [0, 0.1) is 55.4 Å². The first-order valence-corrected chi connectivity index (χ1v) is 38.6. The van der Waals surface area contributed by atoms with Crippen molar-refractivity contribution < 1.29 is 0 Å². The molecule has 0 radical (unpaired) electrons. The average molecular weight is 1410 g/mol. The van der Waals surface area contributed by atoms with Gasteiger partial charge in [-0.15, -0.1) is 45.3 Å². The van der Waals surface area contributed by atoms with Crippen molar-refractivity contribution in [3.05, 3.63) is 334 Å². The van der Waals surface area contributed by atoms with Gasteiger partial charge in [-0.2, -0.15) is 0 Å². The summed E-state index contributed by atoms with van der Waals surface area (Å²) in [4.78, 5) is 19.7. The predicted molar refractivity (Wildman–Crippen MR) is 455 cm³/mol. The Morgan fingerprint density at radius 1 is 0.173 bits per heavy atom. The molecule has 2 aliphatic rings. The lowest BCUT2D eigenvalue weighted by Crippen LogP contribution is -1.86. The van der Waals surface area contributed by atoms with Crippen molar-refractivity contribution in [3.8, 4) is 89.0 Å². The zero-order chi connectivity index (χ0) is 70.7. The zero-order valence-corrected chi connectivity index (χ0v) is 62.5. The molecule has 17 rings (SSSR count). The van der Waals surface area contributed by atoms with E-state index in [1.807, 2.05) is 45.3 Å². The van der Waals surface area contributed by atoms with Crippen molar-refractivity contribution in [1.29, 1.82) is 0 Å². The van der Waals surface area contributed by atoms with Crippen LogP contribution in [0.5, 0.6) is 0 Å². The number of nitrogens with one attached hydrogen (secondary N) is 2. The van der Waals surface area contributed by atoms with Crippen LogP contribution in [-0.4, -0.2) is 19.9 Å². The van der Waals surface area contributed by atoms with E-state index in [2.05, 4.69) is 357 Å². The molecule has 0 aliphatic carbocycles. The van der Waals surface area contributed by atoms with Crippen molar-refractivity contribution in [2.24, 2.45) is 0 Å². The number of aryl methyl sites for hydroxylation is 8. The molecule has 16 bridgehead atoms. The Hall–Kier alpha value is -11.4. The minimum Gasteiger partial charge on any atom is -0.354 e. The maximum Gasteiger partial charge on any atom is 0.0730 e. The van der Waals surface area contributed by atoms with Crippen LogP contribution in [0.2, 0.25) is 0 Å². The third-order valence-electron chi connectivity index (χ3n) is 19.9. The van der Waals surface area contributed by atoms with Crippen LogP contribution in [-0.2, 0) is 0 Å². The third kappa shape index (κ3) is 13.0. The third-order valence-corrected chi connectivity index (χ3v) is 24.4. The van der Waals surface area contributed by atoms with Crippen LogP contribution >= 0.6 is 45.3 Å². The van der Waals surface area contributed by atoms with E-state index in [0.29, 0.717) is 0 Å². The summed E-state index contributed by atoms with van der Waals surface area (Å²) in [7, 11) is 0. The molecule has 8 heteroatoms. The first-order chi connectivity index (χ1) is 50.7. The number of nitrogens with zero attached hydrogens (tertiary/aromatic N) is 2. The number of aromatic nitrogens is 4. The summed E-state index contributed by atoms with van der Waals surface area (Å²) < 4.78 is 9.11. The molecule has 9 heterocycles. The highest BCUT2D eigenvalue weighted by molar-refractivity contribution is 7.25. The molecule has 0 spiro atoms. The van der Waals surface area contributed by atoms with Crippen molar-refractivity contribution >= 4 is 129 Å². The van der Waals surface area contributed by atoms with Gasteiger partial charge in [0.2, 0.25) is 0 Å². The Morgan fingerprint density at radius 2 is 0.317 bits per heavy atom. The van der Waals surface area contributed by atoms with Crippen LogP contribution in [0.25, 0.3) is 173 Å². The fourth-order valence-corrected chi connectivity index (χ4v) is 18.9. The molecule has 8 aromatic carbocycles. The van der Waals surface area contributed by atoms with Gasteiger partial charge in [0.05, 0.1) is 22.8 Å². The minimum atomic E-state index is 0.919. The van der Waals surface area contributed by atoms with Gasteiger partial charge in [-0.05, 0) is 197 Å². The van der Waals surface area contributed by atoms with E-state index in [4.69, 9.17) is 9.97 Å². The summed E-state index contributed by atoms with van der Waals surface area (Å²) in [6.45, 7) is 17.3. The SMILES string of the molecule is Cc1ccc(-c2c3nc(c(-c4ccc(C)cc4)c4ccc(s4)c(-c4ccc(C)cc4)c4ccc([nH]4)c(-c4ccc(C)cc4)c4ccc(s4)c(-c4ccc(C)cc4)c4nc(c(-c5ccc(C)cc5)c5ccc(s5)c(-c5ccc(C)cc5)c5ccc([nH]5)c(-c5ccc(C)cc5)c5ccc2s5)C=C4)C=C3)cc1. The van der Waals surface area contributed by atoms with E-state index >= 15 is 0 Å². The Labute approximate surface area is 623 Å². The molecule has 2 aliphatic heterocycles. The molecule has 4 nitrogen and oxygen atoms in total. The molecular weight excluding hydrogens is 1340 g/mol. The van der Waals surface area contributed by atoms with Gasteiger partial charge >= 0.3 is 0 Å². The second kappa shape index (κ2) is 27.8. The molecule has 0 saturated carbocycles. The van der Waals surface area contributed by atoms with E-state index in [0.717, 1.165) is 171 Å². The quantitative estimate of drug-likeness (QED) is 0.159. The largest absolute Gasteiger partial charge is 0.354 e. The normalized spacial score (nSPS) is 11.8. The van der Waals surface area contributed by atoms with Crippen molar-refractivity contribution in [3.63, 3.8) is 0 Å². The Morgan fingerprint density at radius 3 is 0.481 bits per heavy atom. The van der Waals surface area contributed by atoms with Gasteiger partial charge < -0.3 is 9.97 Å². The predicted octanol–water partition coefficient (Wildman–Crippen LogP) is 28.7. The van der Waals surface area contributed by atoms with Crippen molar-refractivity contribution in [1.82, 2.24) is 19.9 Å². The maximum absolute atomic E-state index is 5.78. The van der Waals surface area contributed by atoms with Gasteiger partial charge in [-0.25, -0.2) is 9.97 Å². The van der Waals surface area contributed by atoms with E-state index < -0.39 is 0 Å². The molecule has 7 aromatic heterocycles. The fraction of sp³-hybridized carbons (Fsp3) is 0.0833. The monoisotopic (exact) mass is 1410 g/mol. The summed E-state index contributed by atoms with van der Waals surface area (Å²) in [5.41, 5.74) is 35.3. The van der Waals surface area contributed by atoms with E-state index in [9.17, 15) is 0 Å². The standard InChI is InChI=1S/C96H74N4S4/c1-57-9-25-65(26-10-57)89-73-41-42-74(97-73)90(66-27-11-58(2)12-28-66)83-51-52-84(102-83)93(69-33-17-61(5)18-34-69)77-45-46-78(99-77)94(70-35-19-62(6)20-36-70)87-55-56-88(104-87)96(72-39-23-64(8)24-40-72)80-48-47-79(100-80)95(71-37-21-63(7)22-38-71)86-54-53-85(103-86)92(68-31-15-60(4)16-32-68)76-44-43-75(98-76)91(82-50-49-81(89)101-82)67-29-13-59(3)14-30-67/h9-56,97,100H,1-8H3. The molecule has 0 fully saturated rings. The van der Waals surface area contributed by atoms with E-state index in [1.54, 1.807) is 0 Å². The van der Waals surface area contributed by atoms with Gasteiger partial charge in [0, 0.05) is 104 Å². The number of H-pyrrole nitrogens is 2. The molecule has 0 saturated heterocycles. The van der Waals surface area contributed by atoms with E-state index in [1.165, 1.54) is 44.5 Å². The summed E-state index contributed by atoms with van der Waals surface area (Å²) in [5.74, 6) is 0. The molecule has 502 valence electrons. The van der Waals surface area contributed by atoms with Gasteiger partial charge in [-0.3, -0.25) is 0 Å². The number of hydrogen-bond donors (Lipinski definition) is 2. The fourth-order valence-electron chi connectivity index (χ4n) is 14.2. The number of fused-ring (bicyclic) bond motifs is 16. The summed E-state index contributed by atoms with van der Waals surface area (Å²) >= 11 is 7.25. The van der Waals surface area contributed by atoms with Crippen molar-refractivity contribution in [2.75, 3.05) is 0 Å². The highest BCUT2D eigenvalue weighted by Crippen LogP contribution is 2.46. The molecular formula is C96H74N4S4. The first-order valence-electron chi connectivity index (χ1n) is 35.4. The van der Waals surface area contributed by atoms with Crippen LogP contribution in [0.4, 0.5) is 0 Å². The molecule has 0 amide bonds. The van der Waals surface area contributed by atoms with Gasteiger partial charge in [0.1, 0.15) is 0 Å². The molecule has 15 aromatic rings. The number of hydrogen-bond acceptors (Lipinski definition) is 6. The van der Waals surface area contributed by atoms with Crippen LogP contribution < -0.4 is 0 Å². The Bertz CT molecular complexity index is 5580. The van der Waals surface area contributed by atoms with Gasteiger partial charge in [0.15, 0.2) is 0 Å². The van der Waals surface area contributed by atoms with Crippen molar-refractivity contribution in [2.45, 2.75) is 55.4 Å². The second-order valence-electron chi connectivity index (χ2n) is 27.6. The Kier molecular flexibility index (Phi) is 17.6. The summed E-state index contributed by atoms with van der Waals surface area (Å²) in [6, 6.07) is 99.4. The number of benzene rings is 8. The number of aromatic amines is 2. The van der Waals surface area contributed by atoms with Gasteiger partial charge in [-0.1, -0.05) is 239 Å². The van der Waals surface area contributed by atoms with Gasteiger partial charge in [0.25, 0.3) is 0 Å². The summed E-state index contributed by atoms with van der Waals surface area (Å²) in [6.07, 6.45) is 8.93. The molecule has 0 unspecified atom stereocenters. The van der Waals surface area contributed by atoms with Crippen LogP contribution in [0.15, 0.2) is 267 Å². The molecule has 0 atom stereocenters. The smallest absolute Gasteiger partial charge is 0.0730 e. The first kappa shape index (κ1) is 65.9. The number of rotatable bonds is 8. The van der Waals surface area contributed by atoms with E-state index in [-0.39, 0.29) is 0 Å². The lowest BCUT2D eigenvalue weighted by Gasteiger charge is -2.06. The second-order valence-corrected chi connectivity index (χ2v) is 31.9. The lowest BCUT2D eigenvalue weighted by atomic mass is 10.0. The topological polar surface area (TPSA) is 57.4 Å². The highest BCUT2D eigenvalue weighted by Gasteiger charge is 2.21. The average Bonchev–Trinajstić information content (AvgIpc) is 1.62. The van der Waals surface area contributed by atoms with Crippen LogP contribution in [0.3, 0.4) is 0 Å². The summed E-state index contributed by atoms with van der Waals surface area (Å²) in [5, 5.41) is 0. The zero-order valence-electron chi connectivity index (χ0n) is 59.2. The molecule has 2 N–H and O–H groups in total. The molecule has 104 heavy (non-hydrogen) atoms. The maximum atomic E-state index is 5.78. The Balaban J connectivity index is 1.03. The minimum absolute atomic E-state index is 0.919. The van der Waals surface area contributed by atoms with Crippen LogP contribution in [0.1, 0.15) is 67.3 Å². The lowest BCUT2D eigenvalue weighted by molar-refractivity contribution is 1.33. The number of thiophene rings is 4. The highest BCUT2D eigenvalue weighted by atomic mass is 32.1.